The lowest BCUT2D eigenvalue weighted by Gasteiger charge is -2.44. The quantitative estimate of drug-likeness (QED) is 0.849. The van der Waals surface area contributed by atoms with E-state index in [1.54, 1.807) is 6.07 Å². The molecule has 1 aliphatic heterocycles. The maximum absolute atomic E-state index is 13.4. The SMILES string of the molecule is Fc1cc(Cl)cc(NC2CCOC3(CCCCC3)C2)c1. The summed E-state index contributed by atoms with van der Waals surface area (Å²) < 4.78 is 19.5. The van der Waals surface area contributed by atoms with Crippen molar-refractivity contribution in [1.29, 1.82) is 0 Å². The molecule has 0 radical (unpaired) electrons. The largest absolute Gasteiger partial charge is 0.382 e. The molecule has 20 heavy (non-hydrogen) atoms. The first kappa shape index (κ1) is 14.2. The Morgan fingerprint density at radius 2 is 2.00 bits per heavy atom. The molecule has 2 fully saturated rings. The van der Waals surface area contributed by atoms with Gasteiger partial charge >= 0.3 is 0 Å². The average molecular weight is 298 g/mol. The van der Waals surface area contributed by atoms with Crippen LogP contribution in [0, 0.1) is 5.82 Å². The molecule has 1 saturated heterocycles. The minimum absolute atomic E-state index is 0.0608. The lowest BCUT2D eigenvalue weighted by molar-refractivity contribution is -0.103. The van der Waals surface area contributed by atoms with Crippen LogP contribution in [-0.4, -0.2) is 18.2 Å². The first-order valence-corrected chi connectivity index (χ1v) is 7.90. The lowest BCUT2D eigenvalue weighted by atomic mass is 9.78. The van der Waals surface area contributed by atoms with Crippen molar-refractivity contribution in [3.63, 3.8) is 0 Å². The molecule has 0 aromatic heterocycles. The van der Waals surface area contributed by atoms with Crippen molar-refractivity contribution in [3.05, 3.63) is 29.0 Å². The molecular weight excluding hydrogens is 277 g/mol. The van der Waals surface area contributed by atoms with Crippen molar-refractivity contribution in [1.82, 2.24) is 0 Å². The standard InChI is InChI=1S/C16H21ClFNO/c17-12-8-13(18)10-15(9-12)19-14-4-7-20-16(11-14)5-2-1-3-6-16/h8-10,14,19H,1-7,11H2. The normalized spacial score (nSPS) is 25.6. The number of hydrogen-bond acceptors (Lipinski definition) is 2. The highest BCUT2D eigenvalue weighted by atomic mass is 35.5. The Kier molecular flexibility index (Phi) is 4.18. The van der Waals surface area contributed by atoms with Crippen LogP contribution in [0.25, 0.3) is 0 Å². The molecule has 1 atom stereocenters. The topological polar surface area (TPSA) is 21.3 Å². The van der Waals surface area contributed by atoms with Crippen LogP contribution >= 0.6 is 11.6 Å². The third-order valence-corrected chi connectivity index (χ3v) is 4.71. The molecule has 1 unspecified atom stereocenters. The van der Waals surface area contributed by atoms with Crippen LogP contribution in [0.1, 0.15) is 44.9 Å². The maximum atomic E-state index is 13.4. The first-order valence-electron chi connectivity index (χ1n) is 7.52. The summed E-state index contributed by atoms with van der Waals surface area (Å²) in [5.41, 5.74) is 0.832. The minimum atomic E-state index is -0.292. The Balaban J connectivity index is 1.67. The number of ether oxygens (including phenoxy) is 1. The van der Waals surface area contributed by atoms with Crippen LogP contribution < -0.4 is 5.32 Å². The molecule has 1 heterocycles. The van der Waals surface area contributed by atoms with Gasteiger partial charge in [0.2, 0.25) is 0 Å². The Morgan fingerprint density at radius 1 is 1.20 bits per heavy atom. The van der Waals surface area contributed by atoms with Gasteiger partial charge in [0.25, 0.3) is 0 Å². The lowest BCUT2D eigenvalue weighted by Crippen LogP contribution is -2.45. The predicted octanol–water partition coefficient (Wildman–Crippen LogP) is 4.77. The van der Waals surface area contributed by atoms with Gasteiger partial charge in [0, 0.05) is 23.4 Å². The van der Waals surface area contributed by atoms with E-state index >= 15 is 0 Å². The Hall–Kier alpha value is -0.800. The number of nitrogens with one attached hydrogen (secondary N) is 1. The van der Waals surface area contributed by atoms with E-state index in [1.165, 1.54) is 31.4 Å². The number of hydrogen-bond donors (Lipinski definition) is 1. The van der Waals surface area contributed by atoms with Crippen molar-refractivity contribution in [2.75, 3.05) is 11.9 Å². The molecule has 0 amide bonds. The van der Waals surface area contributed by atoms with Crippen LogP contribution in [0.2, 0.25) is 5.02 Å². The van der Waals surface area contributed by atoms with Crippen LogP contribution in [-0.2, 0) is 4.74 Å². The second kappa shape index (κ2) is 5.90. The molecule has 2 nitrogen and oxygen atoms in total. The second-order valence-electron chi connectivity index (χ2n) is 6.08. The number of rotatable bonds is 2. The molecule has 3 rings (SSSR count). The smallest absolute Gasteiger partial charge is 0.126 e. The summed E-state index contributed by atoms with van der Waals surface area (Å²) in [6, 6.07) is 4.97. The molecule has 4 heteroatoms. The molecule has 110 valence electrons. The first-order chi connectivity index (χ1) is 9.65. The molecule has 2 aliphatic rings. The van der Waals surface area contributed by atoms with Gasteiger partial charge in [-0.25, -0.2) is 4.39 Å². The summed E-state index contributed by atoms with van der Waals surface area (Å²) in [7, 11) is 0. The fourth-order valence-corrected chi connectivity index (χ4v) is 3.79. The van der Waals surface area contributed by atoms with Gasteiger partial charge in [-0.2, -0.15) is 0 Å². The van der Waals surface area contributed by atoms with E-state index in [0.29, 0.717) is 11.1 Å². The number of anilines is 1. The van der Waals surface area contributed by atoms with Gasteiger partial charge in [-0.05, 0) is 43.9 Å². The van der Waals surface area contributed by atoms with Gasteiger partial charge in [-0.3, -0.25) is 0 Å². The van der Waals surface area contributed by atoms with Gasteiger partial charge in [-0.1, -0.05) is 30.9 Å². The van der Waals surface area contributed by atoms with Gasteiger partial charge in [0.05, 0.1) is 5.60 Å². The summed E-state index contributed by atoms with van der Waals surface area (Å²) in [5.74, 6) is -0.292. The summed E-state index contributed by atoms with van der Waals surface area (Å²) in [4.78, 5) is 0. The molecule has 1 N–H and O–H groups in total. The molecule has 1 aromatic carbocycles. The van der Waals surface area contributed by atoms with Crippen LogP contribution in [0.3, 0.4) is 0 Å². The Labute approximate surface area is 124 Å². The van der Waals surface area contributed by atoms with E-state index in [1.807, 2.05) is 0 Å². The monoisotopic (exact) mass is 297 g/mol. The Morgan fingerprint density at radius 3 is 2.75 bits per heavy atom. The Bertz CT molecular complexity index is 448. The fourth-order valence-electron chi connectivity index (χ4n) is 3.57. The zero-order valence-corrected chi connectivity index (χ0v) is 12.4. The molecule has 1 spiro atoms. The number of halogens is 2. The van der Waals surface area contributed by atoms with E-state index in [4.69, 9.17) is 16.3 Å². The summed E-state index contributed by atoms with van der Waals surface area (Å²) >= 11 is 5.91. The average Bonchev–Trinajstić information content (AvgIpc) is 2.38. The highest BCUT2D eigenvalue weighted by molar-refractivity contribution is 6.30. The van der Waals surface area contributed by atoms with E-state index in [-0.39, 0.29) is 11.4 Å². The van der Waals surface area contributed by atoms with Crippen LogP contribution in [0.15, 0.2) is 18.2 Å². The highest BCUT2D eigenvalue weighted by Crippen LogP contribution is 2.39. The van der Waals surface area contributed by atoms with Crippen LogP contribution in [0.4, 0.5) is 10.1 Å². The number of benzene rings is 1. The summed E-state index contributed by atoms with van der Waals surface area (Å²) in [5, 5.41) is 3.87. The fraction of sp³-hybridized carbons (Fsp3) is 0.625. The van der Waals surface area contributed by atoms with Crippen molar-refractivity contribution >= 4 is 17.3 Å². The van der Waals surface area contributed by atoms with Crippen molar-refractivity contribution < 1.29 is 9.13 Å². The van der Waals surface area contributed by atoms with Crippen molar-refractivity contribution in [2.24, 2.45) is 0 Å². The highest BCUT2D eigenvalue weighted by Gasteiger charge is 2.38. The van der Waals surface area contributed by atoms with E-state index in [2.05, 4.69) is 5.32 Å². The zero-order chi connectivity index (χ0) is 14.0. The van der Waals surface area contributed by atoms with Gasteiger partial charge in [0.1, 0.15) is 5.82 Å². The van der Waals surface area contributed by atoms with Crippen molar-refractivity contribution in [2.45, 2.75) is 56.6 Å². The van der Waals surface area contributed by atoms with E-state index < -0.39 is 0 Å². The molecule has 1 saturated carbocycles. The third kappa shape index (κ3) is 3.26. The summed E-state index contributed by atoms with van der Waals surface area (Å²) in [6.45, 7) is 0.792. The minimum Gasteiger partial charge on any atom is -0.382 e. The molecule has 1 aliphatic carbocycles. The van der Waals surface area contributed by atoms with Gasteiger partial charge in [0.15, 0.2) is 0 Å². The maximum Gasteiger partial charge on any atom is 0.126 e. The molecular formula is C16H21ClFNO. The predicted molar refractivity (Wildman–Crippen MR) is 79.8 cm³/mol. The summed E-state index contributed by atoms with van der Waals surface area (Å²) in [6.07, 6.45) is 8.15. The van der Waals surface area contributed by atoms with E-state index in [0.717, 1.165) is 38.0 Å². The zero-order valence-electron chi connectivity index (χ0n) is 11.6. The van der Waals surface area contributed by atoms with E-state index in [9.17, 15) is 4.39 Å². The molecule has 1 aromatic rings. The molecule has 0 bridgehead atoms. The second-order valence-corrected chi connectivity index (χ2v) is 6.52. The van der Waals surface area contributed by atoms with Gasteiger partial charge in [-0.15, -0.1) is 0 Å². The van der Waals surface area contributed by atoms with Gasteiger partial charge < -0.3 is 10.1 Å². The van der Waals surface area contributed by atoms with Crippen LogP contribution in [0.5, 0.6) is 0 Å². The van der Waals surface area contributed by atoms with Crippen molar-refractivity contribution in [3.8, 4) is 0 Å². The third-order valence-electron chi connectivity index (χ3n) is 4.49.